The second-order valence-electron chi connectivity index (χ2n) is 5.68. The zero-order valence-electron chi connectivity index (χ0n) is 12.4. The van der Waals surface area contributed by atoms with Crippen LogP contribution < -0.4 is 10.1 Å². The predicted molar refractivity (Wildman–Crippen MR) is 80.0 cm³/mol. The topological polar surface area (TPSA) is 30.5 Å². The van der Waals surface area contributed by atoms with Gasteiger partial charge in [0.05, 0.1) is 6.10 Å². The Morgan fingerprint density at radius 2 is 2.00 bits per heavy atom. The molecule has 0 aliphatic rings. The lowest BCUT2D eigenvalue weighted by Crippen LogP contribution is -2.35. The molecule has 108 valence electrons. The number of ether oxygens (including phenoxy) is 2. The molecule has 4 heteroatoms. The van der Waals surface area contributed by atoms with Crippen LogP contribution in [0.15, 0.2) is 18.2 Å². The lowest BCUT2D eigenvalue weighted by Gasteiger charge is -2.22. The van der Waals surface area contributed by atoms with Crippen molar-refractivity contribution in [1.82, 2.24) is 5.32 Å². The second-order valence-corrected chi connectivity index (χ2v) is 6.08. The van der Waals surface area contributed by atoms with E-state index in [0.717, 1.165) is 16.3 Å². The highest BCUT2D eigenvalue weighted by molar-refractivity contribution is 6.31. The molecule has 1 N–H and O–H groups in total. The largest absolute Gasteiger partial charge is 0.491 e. The summed E-state index contributed by atoms with van der Waals surface area (Å²) in [5, 5.41) is 4.15. The summed E-state index contributed by atoms with van der Waals surface area (Å²) in [5.74, 6) is 0.813. The quantitative estimate of drug-likeness (QED) is 0.865. The number of hydrogen-bond acceptors (Lipinski definition) is 3. The maximum atomic E-state index is 6.26. The SMILES string of the molecule is COC(C)COc1cccc(Cl)c1CNC(C)(C)C. The molecule has 0 bridgehead atoms. The molecular weight excluding hydrogens is 262 g/mol. The first-order chi connectivity index (χ1) is 8.83. The van der Waals surface area contributed by atoms with Crippen LogP contribution in [0.2, 0.25) is 5.02 Å². The Balaban J connectivity index is 2.77. The molecule has 0 fully saturated rings. The Hall–Kier alpha value is -0.770. The fourth-order valence-electron chi connectivity index (χ4n) is 1.47. The van der Waals surface area contributed by atoms with Crippen molar-refractivity contribution in [2.75, 3.05) is 13.7 Å². The molecule has 1 aromatic rings. The smallest absolute Gasteiger partial charge is 0.125 e. The van der Waals surface area contributed by atoms with E-state index >= 15 is 0 Å². The van der Waals surface area contributed by atoms with E-state index in [1.165, 1.54) is 0 Å². The molecule has 0 spiro atoms. The first-order valence-electron chi connectivity index (χ1n) is 6.51. The Morgan fingerprint density at radius 1 is 1.32 bits per heavy atom. The van der Waals surface area contributed by atoms with Gasteiger partial charge in [0.2, 0.25) is 0 Å². The van der Waals surface area contributed by atoms with Crippen LogP contribution in [0.4, 0.5) is 0 Å². The summed E-state index contributed by atoms with van der Waals surface area (Å²) in [4.78, 5) is 0. The zero-order valence-corrected chi connectivity index (χ0v) is 13.2. The van der Waals surface area contributed by atoms with E-state index in [9.17, 15) is 0 Å². The third-order valence-corrected chi connectivity index (χ3v) is 3.10. The van der Waals surface area contributed by atoms with E-state index < -0.39 is 0 Å². The molecule has 3 nitrogen and oxygen atoms in total. The van der Waals surface area contributed by atoms with Gasteiger partial charge >= 0.3 is 0 Å². The first kappa shape index (κ1) is 16.3. The van der Waals surface area contributed by atoms with Crippen LogP contribution in [-0.4, -0.2) is 25.4 Å². The van der Waals surface area contributed by atoms with Gasteiger partial charge in [-0.25, -0.2) is 0 Å². The minimum absolute atomic E-state index is 0.0380. The molecule has 0 heterocycles. The van der Waals surface area contributed by atoms with Crippen molar-refractivity contribution in [3.8, 4) is 5.75 Å². The molecule has 0 radical (unpaired) electrons. The Morgan fingerprint density at radius 3 is 2.58 bits per heavy atom. The summed E-state index contributed by atoms with van der Waals surface area (Å²) in [7, 11) is 1.67. The van der Waals surface area contributed by atoms with Gasteiger partial charge in [-0.3, -0.25) is 0 Å². The summed E-state index contributed by atoms with van der Waals surface area (Å²) < 4.78 is 11.0. The van der Waals surface area contributed by atoms with Crippen molar-refractivity contribution in [3.63, 3.8) is 0 Å². The molecule has 0 amide bonds. The molecule has 0 saturated carbocycles. The van der Waals surface area contributed by atoms with Crippen LogP contribution in [0, 0.1) is 0 Å². The van der Waals surface area contributed by atoms with Crippen molar-refractivity contribution in [1.29, 1.82) is 0 Å². The number of rotatable bonds is 6. The van der Waals surface area contributed by atoms with Gasteiger partial charge in [0.25, 0.3) is 0 Å². The van der Waals surface area contributed by atoms with Gasteiger partial charge < -0.3 is 14.8 Å². The van der Waals surface area contributed by atoms with E-state index in [2.05, 4.69) is 26.1 Å². The molecular formula is C15H24ClNO2. The zero-order chi connectivity index (χ0) is 14.5. The van der Waals surface area contributed by atoms with Gasteiger partial charge in [0.15, 0.2) is 0 Å². The average molecular weight is 286 g/mol. The lowest BCUT2D eigenvalue weighted by molar-refractivity contribution is 0.0712. The minimum atomic E-state index is 0.0380. The van der Waals surface area contributed by atoms with Gasteiger partial charge in [-0.05, 0) is 39.8 Å². The van der Waals surface area contributed by atoms with Gasteiger partial charge in [-0.1, -0.05) is 17.7 Å². The summed E-state index contributed by atoms with van der Waals surface area (Å²) in [6, 6.07) is 5.72. The minimum Gasteiger partial charge on any atom is -0.491 e. The fourth-order valence-corrected chi connectivity index (χ4v) is 1.71. The van der Waals surface area contributed by atoms with E-state index in [4.69, 9.17) is 21.1 Å². The third kappa shape index (κ3) is 5.81. The van der Waals surface area contributed by atoms with Crippen molar-refractivity contribution in [2.24, 2.45) is 0 Å². The fraction of sp³-hybridized carbons (Fsp3) is 0.600. The highest BCUT2D eigenvalue weighted by atomic mass is 35.5. The van der Waals surface area contributed by atoms with Crippen LogP contribution >= 0.6 is 11.6 Å². The van der Waals surface area contributed by atoms with E-state index in [1.807, 2.05) is 25.1 Å². The van der Waals surface area contributed by atoms with Crippen molar-refractivity contribution in [2.45, 2.75) is 45.9 Å². The second kappa shape index (κ2) is 7.13. The Kier molecular flexibility index (Phi) is 6.11. The van der Waals surface area contributed by atoms with E-state index in [0.29, 0.717) is 13.2 Å². The van der Waals surface area contributed by atoms with Crippen molar-refractivity contribution in [3.05, 3.63) is 28.8 Å². The van der Waals surface area contributed by atoms with Gasteiger partial charge in [-0.15, -0.1) is 0 Å². The molecule has 19 heavy (non-hydrogen) atoms. The Bertz CT molecular complexity index is 402. The molecule has 0 aromatic heterocycles. The molecule has 0 saturated heterocycles. The highest BCUT2D eigenvalue weighted by Crippen LogP contribution is 2.27. The van der Waals surface area contributed by atoms with Gasteiger partial charge in [-0.2, -0.15) is 0 Å². The Labute approximate surface area is 121 Å². The number of nitrogens with one attached hydrogen (secondary N) is 1. The highest BCUT2D eigenvalue weighted by Gasteiger charge is 2.14. The maximum absolute atomic E-state index is 6.26. The van der Waals surface area contributed by atoms with Crippen molar-refractivity contribution < 1.29 is 9.47 Å². The van der Waals surface area contributed by atoms with Crippen LogP contribution in [0.3, 0.4) is 0 Å². The molecule has 1 rings (SSSR count). The van der Waals surface area contributed by atoms with Crippen LogP contribution in [0.5, 0.6) is 5.75 Å². The number of benzene rings is 1. The molecule has 0 aliphatic carbocycles. The molecule has 1 aromatic carbocycles. The summed E-state index contributed by atoms with van der Waals surface area (Å²) in [5.41, 5.74) is 1.03. The lowest BCUT2D eigenvalue weighted by atomic mass is 10.1. The third-order valence-electron chi connectivity index (χ3n) is 2.75. The molecule has 0 aliphatic heterocycles. The van der Waals surface area contributed by atoms with Gasteiger partial charge in [0.1, 0.15) is 12.4 Å². The number of methoxy groups -OCH3 is 1. The van der Waals surface area contributed by atoms with Crippen LogP contribution in [0.25, 0.3) is 0 Å². The van der Waals surface area contributed by atoms with Gasteiger partial charge in [0, 0.05) is 29.8 Å². The monoisotopic (exact) mass is 285 g/mol. The predicted octanol–water partition coefficient (Wildman–Crippen LogP) is 3.64. The molecule has 1 atom stereocenters. The van der Waals surface area contributed by atoms with Crippen LogP contribution in [0.1, 0.15) is 33.3 Å². The maximum Gasteiger partial charge on any atom is 0.125 e. The van der Waals surface area contributed by atoms with Crippen LogP contribution in [-0.2, 0) is 11.3 Å². The summed E-state index contributed by atoms with van der Waals surface area (Å²) in [6.07, 6.45) is 0.0578. The number of halogens is 1. The van der Waals surface area contributed by atoms with Crippen molar-refractivity contribution >= 4 is 11.6 Å². The summed E-state index contributed by atoms with van der Waals surface area (Å²) in [6.45, 7) is 9.53. The average Bonchev–Trinajstić information content (AvgIpc) is 2.33. The standard InChI is InChI=1S/C15H24ClNO2/c1-11(18-5)10-19-14-8-6-7-13(16)12(14)9-17-15(2,3)4/h6-8,11,17H,9-10H2,1-5H3. The van der Waals surface area contributed by atoms with E-state index in [1.54, 1.807) is 7.11 Å². The molecule has 1 unspecified atom stereocenters. The first-order valence-corrected chi connectivity index (χ1v) is 6.89. The number of hydrogen-bond donors (Lipinski definition) is 1. The van der Waals surface area contributed by atoms with E-state index in [-0.39, 0.29) is 11.6 Å². The normalized spacial score (nSPS) is 13.4. The summed E-state index contributed by atoms with van der Waals surface area (Å²) >= 11 is 6.26.